The summed E-state index contributed by atoms with van der Waals surface area (Å²) >= 11 is -2.42. The second kappa shape index (κ2) is 3.70. The first-order valence-electron chi connectivity index (χ1n) is 2.71. The van der Waals surface area contributed by atoms with Crippen LogP contribution in [0.25, 0.3) is 0 Å². The predicted molar refractivity (Wildman–Crippen MR) is 29.5 cm³/mol. The van der Waals surface area contributed by atoms with Crippen LogP contribution >= 0.6 is 11.8 Å². The van der Waals surface area contributed by atoms with Crippen LogP contribution in [0.5, 0.6) is 0 Å². The maximum atomic E-state index is 12.3. The maximum absolute atomic E-state index is 12.3. The summed E-state index contributed by atoms with van der Waals surface area (Å²) in [4.78, 5) is 0. The van der Waals surface area contributed by atoms with Crippen LogP contribution in [-0.4, -0.2) is 23.1 Å². The van der Waals surface area contributed by atoms with Crippen molar-refractivity contribution in [1.82, 2.24) is 0 Å². The van der Waals surface area contributed by atoms with Crippen molar-refractivity contribution in [3.63, 3.8) is 0 Å². The molecule has 0 aliphatic heterocycles. The highest BCUT2D eigenvalue weighted by atomic mass is 32.2. The van der Waals surface area contributed by atoms with Crippen molar-refractivity contribution in [1.29, 1.82) is 0 Å². The Labute approximate surface area is 75.4 Å². The fraction of sp³-hybridized carbons (Fsp3) is 1.00. The van der Waals surface area contributed by atoms with Crippen LogP contribution in [-0.2, 0) is 0 Å². The first-order valence-corrected chi connectivity index (χ1v) is 3.52. The second-order valence-corrected chi connectivity index (χ2v) is 3.25. The Bertz CT molecular complexity index is 192. The number of hydrogen-bond donors (Lipinski definition) is 0. The van der Waals surface area contributed by atoms with E-state index in [1.54, 1.807) is 0 Å². The molecule has 14 heavy (non-hydrogen) atoms. The van der Waals surface area contributed by atoms with E-state index in [4.69, 9.17) is 0 Å². The molecule has 0 heterocycles. The van der Waals surface area contributed by atoms with E-state index in [1.165, 1.54) is 0 Å². The SMILES string of the molecule is FC(F)C(F)(SC(F)(F)F)C(F)(F)F. The summed E-state index contributed by atoms with van der Waals surface area (Å²) in [5.74, 6) is 0. The molecule has 1 atom stereocenters. The molecule has 0 rings (SSSR count). The van der Waals surface area contributed by atoms with Crippen LogP contribution in [0.2, 0.25) is 0 Å². The van der Waals surface area contributed by atoms with E-state index in [1.807, 2.05) is 0 Å². The zero-order chi connectivity index (χ0) is 11.8. The quantitative estimate of drug-likeness (QED) is 0.675. The van der Waals surface area contributed by atoms with Gasteiger partial charge in [-0.1, -0.05) is 0 Å². The largest absolute Gasteiger partial charge is 0.445 e. The monoisotopic (exact) mass is 252 g/mol. The number of rotatable bonds is 2. The first-order chi connectivity index (χ1) is 5.90. The minimum atomic E-state index is -6.29. The van der Waals surface area contributed by atoms with Gasteiger partial charge in [0.1, 0.15) is 0 Å². The maximum Gasteiger partial charge on any atom is 0.445 e. The van der Waals surface area contributed by atoms with E-state index in [2.05, 4.69) is 0 Å². The van der Waals surface area contributed by atoms with Gasteiger partial charge in [0, 0.05) is 11.8 Å². The van der Waals surface area contributed by atoms with Crippen molar-refractivity contribution < 1.29 is 39.5 Å². The molecule has 0 saturated heterocycles. The third-order valence-electron chi connectivity index (χ3n) is 0.931. The molecule has 0 nitrogen and oxygen atoms in total. The summed E-state index contributed by atoms with van der Waals surface area (Å²) in [5.41, 5.74) is -5.74. The Balaban J connectivity index is 4.94. The van der Waals surface area contributed by atoms with Gasteiger partial charge in [-0.2, -0.15) is 26.3 Å². The van der Waals surface area contributed by atoms with Crippen LogP contribution in [0.1, 0.15) is 0 Å². The fourth-order valence-corrected chi connectivity index (χ4v) is 0.936. The Kier molecular flexibility index (Phi) is 3.63. The lowest BCUT2D eigenvalue weighted by atomic mass is 10.4. The molecule has 0 aromatic carbocycles. The number of halogens is 9. The number of thioether (sulfide) groups is 1. The zero-order valence-corrected chi connectivity index (χ0v) is 6.70. The molecule has 0 fully saturated rings. The Morgan fingerprint density at radius 1 is 0.786 bits per heavy atom. The molecule has 0 aromatic heterocycles. The summed E-state index contributed by atoms with van der Waals surface area (Å²) < 4.78 is 104. The van der Waals surface area contributed by atoms with Crippen molar-refractivity contribution in [3.05, 3.63) is 0 Å². The molecule has 0 amide bonds. The van der Waals surface area contributed by atoms with Gasteiger partial charge >= 0.3 is 16.7 Å². The highest BCUT2D eigenvalue weighted by Crippen LogP contribution is 2.53. The van der Waals surface area contributed by atoms with Gasteiger partial charge in [0.25, 0.3) is 6.43 Å². The lowest BCUT2D eigenvalue weighted by molar-refractivity contribution is -0.230. The number of hydrogen-bond acceptors (Lipinski definition) is 1. The predicted octanol–water partition coefficient (Wildman–Crippen LogP) is 3.73. The Hall–Kier alpha value is -0.280. The smallest absolute Gasteiger partial charge is 0.215 e. The molecule has 1 unspecified atom stereocenters. The summed E-state index contributed by atoms with van der Waals surface area (Å²) in [7, 11) is 0. The molecule has 10 heteroatoms. The fourth-order valence-electron chi connectivity index (χ4n) is 0.395. The molecular formula is C4HF9S. The van der Waals surface area contributed by atoms with E-state index >= 15 is 0 Å². The molecule has 0 aliphatic carbocycles. The van der Waals surface area contributed by atoms with E-state index in [9.17, 15) is 39.5 Å². The molecule has 0 radical (unpaired) electrons. The molecule has 0 spiro atoms. The van der Waals surface area contributed by atoms with Crippen LogP contribution in [0.15, 0.2) is 0 Å². The summed E-state index contributed by atoms with van der Waals surface area (Å²) in [5, 5.41) is -5.62. The molecule has 0 N–H and O–H groups in total. The standard InChI is InChI=1S/C4HF9S/c5-1(6)2(7,3(8,9)10)14-4(11,12)13/h1H. The lowest BCUT2D eigenvalue weighted by Gasteiger charge is -2.26. The normalized spacial score (nSPS) is 18.4. The van der Waals surface area contributed by atoms with Crippen molar-refractivity contribution in [2.24, 2.45) is 0 Å². The first kappa shape index (κ1) is 13.7. The minimum Gasteiger partial charge on any atom is -0.215 e. The van der Waals surface area contributed by atoms with Crippen LogP contribution in [0.4, 0.5) is 39.5 Å². The van der Waals surface area contributed by atoms with Gasteiger partial charge in [0.05, 0.1) is 0 Å². The van der Waals surface area contributed by atoms with Crippen molar-refractivity contribution >= 4 is 11.8 Å². The highest BCUT2D eigenvalue weighted by Gasteiger charge is 2.67. The minimum absolute atomic E-state index is 2.42. The van der Waals surface area contributed by atoms with Gasteiger partial charge in [-0.25, -0.2) is 13.2 Å². The second-order valence-electron chi connectivity index (χ2n) is 1.99. The molecule has 0 bridgehead atoms. The average molecular weight is 252 g/mol. The summed E-state index contributed by atoms with van der Waals surface area (Å²) in [6, 6.07) is 0. The van der Waals surface area contributed by atoms with Gasteiger partial charge < -0.3 is 0 Å². The van der Waals surface area contributed by atoms with E-state index in [-0.39, 0.29) is 0 Å². The molecule has 0 aliphatic rings. The zero-order valence-electron chi connectivity index (χ0n) is 5.89. The van der Waals surface area contributed by atoms with Gasteiger partial charge in [-0.3, -0.25) is 0 Å². The highest BCUT2D eigenvalue weighted by molar-refractivity contribution is 8.01. The summed E-state index contributed by atoms with van der Waals surface area (Å²) in [6.45, 7) is 0. The van der Waals surface area contributed by atoms with Crippen molar-refractivity contribution in [2.75, 3.05) is 0 Å². The van der Waals surface area contributed by atoms with Crippen molar-refractivity contribution in [2.45, 2.75) is 23.1 Å². The molecule has 0 aromatic rings. The third kappa shape index (κ3) is 3.14. The third-order valence-corrected chi connectivity index (χ3v) is 1.87. The van der Waals surface area contributed by atoms with Crippen molar-refractivity contribution in [3.8, 4) is 0 Å². The van der Waals surface area contributed by atoms with Crippen LogP contribution in [0.3, 0.4) is 0 Å². The average Bonchev–Trinajstić information content (AvgIpc) is 1.79. The molecular weight excluding hydrogens is 251 g/mol. The lowest BCUT2D eigenvalue weighted by Crippen LogP contribution is -2.46. The van der Waals surface area contributed by atoms with E-state index in [0.717, 1.165) is 0 Å². The number of alkyl halides is 9. The summed E-state index contributed by atoms with van der Waals surface area (Å²) in [6.07, 6.45) is -11.1. The molecule has 86 valence electrons. The van der Waals surface area contributed by atoms with E-state index < -0.39 is 34.9 Å². The van der Waals surface area contributed by atoms with Gasteiger partial charge in [-0.05, 0) is 0 Å². The molecule has 0 saturated carbocycles. The van der Waals surface area contributed by atoms with Gasteiger partial charge in [-0.15, -0.1) is 0 Å². The van der Waals surface area contributed by atoms with Crippen LogP contribution < -0.4 is 0 Å². The van der Waals surface area contributed by atoms with E-state index in [0.29, 0.717) is 0 Å². The van der Waals surface area contributed by atoms with Gasteiger partial charge in [0.15, 0.2) is 0 Å². The van der Waals surface area contributed by atoms with Gasteiger partial charge in [0.2, 0.25) is 0 Å². The van der Waals surface area contributed by atoms with Crippen LogP contribution in [0, 0.1) is 0 Å². The topological polar surface area (TPSA) is 0 Å². The Morgan fingerprint density at radius 2 is 1.14 bits per heavy atom. The Morgan fingerprint density at radius 3 is 1.21 bits per heavy atom.